The van der Waals surface area contributed by atoms with Crippen molar-refractivity contribution in [3.63, 3.8) is 0 Å². The molecule has 0 bridgehead atoms. The molecular formula is C16H19N3OS2. The van der Waals surface area contributed by atoms with E-state index in [4.69, 9.17) is 0 Å². The minimum absolute atomic E-state index is 0.151. The number of Topliss-reactive ketones (excluding diaryl/α,β-unsaturated/α-hetero) is 1. The number of aromatic nitrogens is 2. The standard InChI is InChI=1S/C16H19N3OS2/c1-9-4-5-10(2)13(8-9)14(20)11(3)21-16-19-18-15(22-16)17-12-6-7-12/h4-5,8,11-12H,6-7H2,1-3H3,(H,17,18). The van der Waals surface area contributed by atoms with Gasteiger partial charge < -0.3 is 5.32 Å². The van der Waals surface area contributed by atoms with Crippen LogP contribution in [0.4, 0.5) is 5.13 Å². The molecule has 6 heteroatoms. The Balaban J connectivity index is 1.67. The lowest BCUT2D eigenvalue weighted by Gasteiger charge is -2.11. The molecule has 1 saturated carbocycles. The first-order chi connectivity index (χ1) is 10.5. The largest absolute Gasteiger partial charge is 0.357 e. The number of ketones is 1. The smallest absolute Gasteiger partial charge is 0.206 e. The van der Waals surface area contributed by atoms with Crippen molar-refractivity contribution in [2.24, 2.45) is 0 Å². The minimum Gasteiger partial charge on any atom is -0.357 e. The van der Waals surface area contributed by atoms with Gasteiger partial charge in [-0.1, -0.05) is 40.8 Å². The SMILES string of the molecule is Cc1ccc(C)c(C(=O)C(C)Sc2nnc(NC3CC3)s2)c1. The van der Waals surface area contributed by atoms with Crippen molar-refractivity contribution in [2.75, 3.05) is 5.32 Å². The molecule has 1 heterocycles. The fourth-order valence-corrected chi connectivity index (χ4v) is 4.18. The molecule has 1 fully saturated rings. The Kier molecular flexibility index (Phi) is 4.49. The summed E-state index contributed by atoms with van der Waals surface area (Å²) in [6, 6.07) is 6.57. The lowest BCUT2D eigenvalue weighted by Crippen LogP contribution is -2.15. The molecule has 4 nitrogen and oxygen atoms in total. The van der Waals surface area contributed by atoms with E-state index in [0.717, 1.165) is 26.2 Å². The highest BCUT2D eigenvalue weighted by Gasteiger charge is 2.24. The van der Waals surface area contributed by atoms with Crippen LogP contribution in [0, 0.1) is 13.8 Å². The molecule has 22 heavy (non-hydrogen) atoms. The number of nitrogens with one attached hydrogen (secondary N) is 1. The fourth-order valence-electron chi connectivity index (χ4n) is 2.14. The van der Waals surface area contributed by atoms with E-state index in [1.807, 2.05) is 39.0 Å². The van der Waals surface area contributed by atoms with Gasteiger partial charge in [0.2, 0.25) is 5.13 Å². The summed E-state index contributed by atoms with van der Waals surface area (Å²) in [6.07, 6.45) is 2.42. The second kappa shape index (κ2) is 6.38. The Labute approximate surface area is 138 Å². The maximum absolute atomic E-state index is 12.6. The van der Waals surface area contributed by atoms with Gasteiger partial charge in [0, 0.05) is 11.6 Å². The van der Waals surface area contributed by atoms with Gasteiger partial charge in [-0.3, -0.25) is 4.79 Å². The molecule has 1 aliphatic carbocycles. The Morgan fingerprint density at radius 2 is 2.14 bits per heavy atom. The summed E-state index contributed by atoms with van der Waals surface area (Å²) in [5.74, 6) is 0.151. The molecule has 1 aromatic heterocycles. The third kappa shape index (κ3) is 3.67. The number of rotatable bonds is 6. The van der Waals surface area contributed by atoms with Crippen LogP contribution in [-0.4, -0.2) is 27.3 Å². The normalized spacial score (nSPS) is 15.6. The Morgan fingerprint density at radius 1 is 1.36 bits per heavy atom. The number of benzene rings is 1. The van der Waals surface area contributed by atoms with Gasteiger partial charge in [-0.15, -0.1) is 10.2 Å². The molecule has 1 aromatic carbocycles. The quantitative estimate of drug-likeness (QED) is 0.637. The van der Waals surface area contributed by atoms with E-state index in [1.54, 1.807) is 0 Å². The van der Waals surface area contributed by atoms with Crippen LogP contribution >= 0.6 is 23.1 Å². The molecule has 0 radical (unpaired) electrons. The zero-order valence-corrected chi connectivity index (χ0v) is 14.6. The molecule has 0 saturated heterocycles. The predicted molar refractivity (Wildman–Crippen MR) is 92.1 cm³/mol. The van der Waals surface area contributed by atoms with E-state index < -0.39 is 0 Å². The zero-order chi connectivity index (χ0) is 15.7. The maximum atomic E-state index is 12.6. The second-order valence-corrected chi connectivity index (χ2v) is 8.30. The fraction of sp³-hybridized carbons (Fsp3) is 0.438. The van der Waals surface area contributed by atoms with E-state index in [0.29, 0.717) is 6.04 Å². The van der Waals surface area contributed by atoms with Gasteiger partial charge in [0.15, 0.2) is 10.1 Å². The average Bonchev–Trinajstić information content (AvgIpc) is 3.19. The van der Waals surface area contributed by atoms with Crippen LogP contribution < -0.4 is 5.32 Å². The zero-order valence-electron chi connectivity index (χ0n) is 12.9. The number of aryl methyl sites for hydroxylation is 2. The number of anilines is 1. The lowest BCUT2D eigenvalue weighted by molar-refractivity contribution is 0.0993. The van der Waals surface area contributed by atoms with Crippen LogP contribution in [0.1, 0.15) is 41.3 Å². The average molecular weight is 333 g/mol. The molecule has 0 aliphatic heterocycles. The van der Waals surface area contributed by atoms with Crippen LogP contribution in [0.15, 0.2) is 22.5 Å². The van der Waals surface area contributed by atoms with Crippen LogP contribution in [0.2, 0.25) is 0 Å². The van der Waals surface area contributed by atoms with Gasteiger partial charge in [-0.05, 0) is 45.2 Å². The van der Waals surface area contributed by atoms with Crippen molar-refractivity contribution in [1.29, 1.82) is 0 Å². The summed E-state index contributed by atoms with van der Waals surface area (Å²) < 4.78 is 0.842. The summed E-state index contributed by atoms with van der Waals surface area (Å²) in [5, 5.41) is 12.3. The van der Waals surface area contributed by atoms with E-state index >= 15 is 0 Å². The summed E-state index contributed by atoms with van der Waals surface area (Å²) in [5.41, 5.74) is 2.94. The third-order valence-corrected chi connectivity index (χ3v) is 5.66. The highest BCUT2D eigenvalue weighted by atomic mass is 32.2. The highest BCUT2D eigenvalue weighted by Crippen LogP contribution is 2.33. The van der Waals surface area contributed by atoms with E-state index in [1.165, 1.54) is 35.9 Å². The number of carbonyl (C=O) groups is 1. The molecule has 1 unspecified atom stereocenters. The van der Waals surface area contributed by atoms with Gasteiger partial charge in [-0.25, -0.2) is 0 Å². The number of nitrogens with zero attached hydrogens (tertiary/aromatic N) is 2. The summed E-state index contributed by atoms with van der Waals surface area (Å²) >= 11 is 3.01. The number of hydrogen-bond donors (Lipinski definition) is 1. The Hall–Kier alpha value is -1.40. The van der Waals surface area contributed by atoms with Crippen LogP contribution in [0.25, 0.3) is 0 Å². The van der Waals surface area contributed by atoms with Crippen molar-refractivity contribution in [3.8, 4) is 0 Å². The topological polar surface area (TPSA) is 54.9 Å². The van der Waals surface area contributed by atoms with Crippen molar-refractivity contribution >= 4 is 34.0 Å². The number of carbonyl (C=O) groups excluding carboxylic acids is 1. The van der Waals surface area contributed by atoms with Crippen LogP contribution in [0.3, 0.4) is 0 Å². The molecule has 0 amide bonds. The van der Waals surface area contributed by atoms with Gasteiger partial charge in [-0.2, -0.15) is 0 Å². The monoisotopic (exact) mass is 333 g/mol. The molecule has 1 N–H and O–H groups in total. The van der Waals surface area contributed by atoms with Crippen molar-refractivity contribution < 1.29 is 4.79 Å². The van der Waals surface area contributed by atoms with Crippen LogP contribution in [-0.2, 0) is 0 Å². The molecule has 116 valence electrons. The molecular weight excluding hydrogens is 314 g/mol. The number of thioether (sulfide) groups is 1. The summed E-state index contributed by atoms with van der Waals surface area (Å²) in [4.78, 5) is 12.6. The second-order valence-electron chi connectivity index (χ2n) is 5.73. The first-order valence-electron chi connectivity index (χ1n) is 7.41. The summed E-state index contributed by atoms with van der Waals surface area (Å²) in [7, 11) is 0. The third-order valence-electron chi connectivity index (χ3n) is 3.62. The molecule has 0 spiro atoms. The molecule has 1 atom stereocenters. The molecule has 2 aromatic rings. The maximum Gasteiger partial charge on any atom is 0.206 e. The Morgan fingerprint density at radius 3 is 2.86 bits per heavy atom. The van der Waals surface area contributed by atoms with E-state index in [9.17, 15) is 4.79 Å². The molecule has 3 rings (SSSR count). The predicted octanol–water partition coefficient (Wildman–Crippen LogP) is 4.09. The lowest BCUT2D eigenvalue weighted by atomic mass is 10.0. The van der Waals surface area contributed by atoms with Gasteiger partial charge >= 0.3 is 0 Å². The van der Waals surface area contributed by atoms with Gasteiger partial charge in [0.25, 0.3) is 0 Å². The van der Waals surface area contributed by atoms with E-state index in [-0.39, 0.29) is 11.0 Å². The van der Waals surface area contributed by atoms with Crippen molar-refractivity contribution in [2.45, 2.75) is 49.2 Å². The highest BCUT2D eigenvalue weighted by molar-refractivity contribution is 8.02. The Bertz CT molecular complexity index is 694. The van der Waals surface area contributed by atoms with Crippen molar-refractivity contribution in [1.82, 2.24) is 10.2 Å². The van der Waals surface area contributed by atoms with Gasteiger partial charge in [0.05, 0.1) is 5.25 Å². The van der Waals surface area contributed by atoms with E-state index in [2.05, 4.69) is 15.5 Å². The summed E-state index contributed by atoms with van der Waals surface area (Å²) in [6.45, 7) is 5.92. The minimum atomic E-state index is -0.165. The molecule has 1 aliphatic rings. The first-order valence-corrected chi connectivity index (χ1v) is 9.10. The van der Waals surface area contributed by atoms with Crippen LogP contribution in [0.5, 0.6) is 0 Å². The number of hydrogen-bond acceptors (Lipinski definition) is 6. The first kappa shape index (κ1) is 15.5. The van der Waals surface area contributed by atoms with Crippen molar-refractivity contribution in [3.05, 3.63) is 34.9 Å². The van der Waals surface area contributed by atoms with Gasteiger partial charge in [0.1, 0.15) is 0 Å².